The van der Waals surface area contributed by atoms with Crippen molar-refractivity contribution >= 4 is 0 Å². The van der Waals surface area contributed by atoms with Gasteiger partial charge in [-0.2, -0.15) is 0 Å². The maximum Gasteiger partial charge on any atom is -0.0274 e. The van der Waals surface area contributed by atoms with Crippen molar-refractivity contribution in [2.45, 2.75) is 39.5 Å². The van der Waals surface area contributed by atoms with E-state index in [0.717, 1.165) is 12.3 Å². The van der Waals surface area contributed by atoms with Crippen molar-refractivity contribution in [1.29, 1.82) is 0 Å². The minimum absolute atomic E-state index is 0.887. The molecule has 0 aliphatic heterocycles. The zero-order valence-corrected chi connectivity index (χ0v) is 7.19. The molecule has 0 fully saturated rings. The maximum absolute atomic E-state index is 3.52. The third-order valence-corrected chi connectivity index (χ3v) is 1.89. The second-order valence-corrected chi connectivity index (χ2v) is 2.85. The normalized spacial score (nSPS) is 12.2. The van der Waals surface area contributed by atoms with E-state index in [1.165, 1.54) is 19.3 Å². The molecule has 0 aliphatic rings. The second kappa shape index (κ2) is 6.64. The number of hydrogen-bond acceptors (Lipinski definition) is 0. The zero-order valence-electron chi connectivity index (χ0n) is 7.19. The van der Waals surface area contributed by atoms with Gasteiger partial charge in [-0.1, -0.05) is 33.3 Å². The van der Waals surface area contributed by atoms with Crippen molar-refractivity contribution in [2.24, 2.45) is 5.92 Å². The van der Waals surface area contributed by atoms with Crippen molar-refractivity contribution in [3.8, 4) is 0 Å². The fourth-order valence-corrected chi connectivity index (χ4v) is 0.875. The first-order valence-electron chi connectivity index (χ1n) is 4.15. The summed E-state index contributed by atoms with van der Waals surface area (Å²) in [6.07, 6.45) is 7.10. The van der Waals surface area contributed by atoms with Gasteiger partial charge < -0.3 is 0 Å². The molecule has 0 nitrogen and oxygen atoms in total. The van der Waals surface area contributed by atoms with Gasteiger partial charge in [0.15, 0.2) is 0 Å². The average molecular weight is 138 g/mol. The second-order valence-electron chi connectivity index (χ2n) is 2.85. The molecule has 0 saturated carbocycles. The molecule has 1 atom stereocenters. The summed E-state index contributed by atoms with van der Waals surface area (Å²) in [5, 5.41) is 0. The van der Waals surface area contributed by atoms with Crippen LogP contribution in [0.1, 0.15) is 39.5 Å². The lowest BCUT2D eigenvalue weighted by molar-refractivity contribution is 0.498. The highest BCUT2D eigenvalue weighted by molar-refractivity contribution is 4.75. The lowest BCUT2D eigenvalue weighted by Crippen LogP contribution is -1.90. The monoisotopic (exact) mass is 138 g/mol. The van der Waals surface area contributed by atoms with E-state index in [-0.39, 0.29) is 0 Å². The minimum atomic E-state index is 0.887. The van der Waals surface area contributed by atoms with Gasteiger partial charge >= 0.3 is 0 Å². The Kier molecular flexibility index (Phi) is 6.32. The van der Waals surface area contributed by atoms with Gasteiger partial charge in [0.2, 0.25) is 0 Å². The van der Waals surface area contributed by atoms with E-state index < -0.39 is 0 Å². The van der Waals surface area contributed by atoms with Crippen LogP contribution in [-0.2, 0) is 0 Å². The SMILES string of the molecule is C=C=CCCCC(C)CC. The Hall–Kier alpha value is -0.480. The van der Waals surface area contributed by atoms with Crippen molar-refractivity contribution in [3.63, 3.8) is 0 Å². The number of unbranched alkanes of at least 4 members (excludes halogenated alkanes) is 1. The summed E-state index contributed by atoms with van der Waals surface area (Å²) < 4.78 is 0. The van der Waals surface area contributed by atoms with E-state index in [4.69, 9.17) is 0 Å². The molecule has 0 N–H and O–H groups in total. The fourth-order valence-electron chi connectivity index (χ4n) is 0.875. The van der Waals surface area contributed by atoms with Crippen LogP contribution >= 0.6 is 0 Å². The topological polar surface area (TPSA) is 0 Å². The van der Waals surface area contributed by atoms with E-state index >= 15 is 0 Å². The maximum atomic E-state index is 3.52. The highest BCUT2D eigenvalue weighted by Crippen LogP contribution is 2.10. The van der Waals surface area contributed by atoms with Crippen LogP contribution in [0.3, 0.4) is 0 Å². The van der Waals surface area contributed by atoms with Crippen LogP contribution in [0.4, 0.5) is 0 Å². The van der Waals surface area contributed by atoms with E-state index in [2.05, 4.69) is 26.2 Å². The van der Waals surface area contributed by atoms with Gasteiger partial charge in [0.05, 0.1) is 0 Å². The van der Waals surface area contributed by atoms with Crippen LogP contribution in [0.5, 0.6) is 0 Å². The molecule has 0 aromatic rings. The zero-order chi connectivity index (χ0) is 7.82. The van der Waals surface area contributed by atoms with E-state index in [0.29, 0.717) is 0 Å². The summed E-state index contributed by atoms with van der Waals surface area (Å²) in [7, 11) is 0. The molecule has 0 amide bonds. The van der Waals surface area contributed by atoms with E-state index in [1.807, 2.05) is 6.08 Å². The minimum Gasteiger partial charge on any atom is -0.133 e. The van der Waals surface area contributed by atoms with Gasteiger partial charge in [0.25, 0.3) is 0 Å². The van der Waals surface area contributed by atoms with Gasteiger partial charge in [0, 0.05) is 0 Å². The Morgan fingerprint density at radius 3 is 2.80 bits per heavy atom. The molecule has 0 saturated heterocycles. The Labute approximate surface area is 64.6 Å². The predicted molar refractivity (Wildman–Crippen MR) is 47.0 cm³/mol. The molecule has 10 heavy (non-hydrogen) atoms. The van der Waals surface area contributed by atoms with E-state index in [9.17, 15) is 0 Å². The fraction of sp³-hybridized carbons (Fsp3) is 0.700. The molecule has 0 heterocycles. The summed E-state index contributed by atoms with van der Waals surface area (Å²) in [6.45, 7) is 8.06. The quantitative estimate of drug-likeness (QED) is 0.402. The molecule has 1 unspecified atom stereocenters. The van der Waals surface area contributed by atoms with Crippen molar-refractivity contribution in [1.82, 2.24) is 0 Å². The first kappa shape index (κ1) is 9.52. The standard InChI is InChI=1S/C10H18/c1-4-6-7-8-9-10(3)5-2/h6,10H,1,5,7-9H2,2-3H3. The molecule has 0 aromatic carbocycles. The third-order valence-electron chi connectivity index (χ3n) is 1.89. The van der Waals surface area contributed by atoms with Gasteiger partial charge in [-0.05, 0) is 24.8 Å². The summed E-state index contributed by atoms with van der Waals surface area (Å²) in [5.41, 5.74) is 2.78. The van der Waals surface area contributed by atoms with Crippen LogP contribution < -0.4 is 0 Å². The number of rotatable bonds is 5. The van der Waals surface area contributed by atoms with Crippen molar-refractivity contribution in [2.75, 3.05) is 0 Å². The van der Waals surface area contributed by atoms with Gasteiger partial charge in [0.1, 0.15) is 0 Å². The molecule has 0 spiro atoms. The van der Waals surface area contributed by atoms with Crippen LogP contribution in [0.15, 0.2) is 18.4 Å². The molecule has 0 aliphatic carbocycles. The highest BCUT2D eigenvalue weighted by atomic mass is 14.0. The predicted octanol–water partition coefficient (Wildman–Crippen LogP) is 3.54. The van der Waals surface area contributed by atoms with Crippen LogP contribution in [0.2, 0.25) is 0 Å². The first-order valence-corrected chi connectivity index (χ1v) is 4.15. The van der Waals surface area contributed by atoms with Gasteiger partial charge in [-0.25, -0.2) is 0 Å². The molecule has 0 bridgehead atoms. The Balaban J connectivity index is 3.10. The summed E-state index contributed by atoms with van der Waals surface area (Å²) >= 11 is 0. The number of hydrogen-bond donors (Lipinski definition) is 0. The molecule has 0 rings (SSSR count). The lowest BCUT2D eigenvalue weighted by atomic mass is 10.0. The van der Waals surface area contributed by atoms with Crippen molar-refractivity contribution < 1.29 is 0 Å². The molecule has 0 radical (unpaired) electrons. The largest absolute Gasteiger partial charge is 0.133 e. The Morgan fingerprint density at radius 1 is 1.60 bits per heavy atom. The van der Waals surface area contributed by atoms with Crippen LogP contribution in [-0.4, -0.2) is 0 Å². The molecular weight excluding hydrogens is 120 g/mol. The smallest absolute Gasteiger partial charge is 0.0274 e. The number of allylic oxidation sites excluding steroid dienone is 1. The Morgan fingerprint density at radius 2 is 2.30 bits per heavy atom. The Bertz CT molecular complexity index is 107. The first-order chi connectivity index (χ1) is 4.81. The van der Waals surface area contributed by atoms with Gasteiger partial charge in [-0.3, -0.25) is 0 Å². The summed E-state index contributed by atoms with van der Waals surface area (Å²) in [6, 6.07) is 0. The van der Waals surface area contributed by atoms with Gasteiger partial charge in [-0.15, -0.1) is 5.73 Å². The lowest BCUT2D eigenvalue weighted by Gasteiger charge is -2.04. The van der Waals surface area contributed by atoms with E-state index in [1.54, 1.807) is 0 Å². The molecule has 58 valence electrons. The van der Waals surface area contributed by atoms with Crippen LogP contribution in [0.25, 0.3) is 0 Å². The highest BCUT2D eigenvalue weighted by Gasteiger charge is 1.95. The third kappa shape index (κ3) is 5.65. The average Bonchev–Trinajstić information content (AvgIpc) is 1.98. The summed E-state index contributed by atoms with van der Waals surface area (Å²) in [4.78, 5) is 0. The van der Waals surface area contributed by atoms with Crippen molar-refractivity contribution in [3.05, 3.63) is 18.4 Å². The summed E-state index contributed by atoms with van der Waals surface area (Å²) in [5.74, 6) is 0.887. The van der Waals surface area contributed by atoms with Crippen LogP contribution in [0, 0.1) is 5.92 Å². The molecular formula is C10H18. The molecule has 0 aromatic heterocycles. The molecule has 0 heteroatoms.